The van der Waals surface area contributed by atoms with Crippen molar-refractivity contribution in [3.8, 4) is 0 Å². The molecule has 4 heterocycles. The van der Waals surface area contributed by atoms with Crippen molar-refractivity contribution in [3.63, 3.8) is 0 Å². The van der Waals surface area contributed by atoms with E-state index in [4.69, 9.17) is 16.3 Å². The lowest BCUT2D eigenvalue weighted by Gasteiger charge is -2.35. The van der Waals surface area contributed by atoms with Crippen LogP contribution in [0.15, 0.2) is 18.5 Å². The van der Waals surface area contributed by atoms with Gasteiger partial charge in [-0.25, -0.2) is 19.7 Å². The van der Waals surface area contributed by atoms with E-state index in [0.717, 1.165) is 17.8 Å². The predicted molar refractivity (Wildman–Crippen MR) is 117 cm³/mol. The molecular formula is C21H24ClF3N6O2. The van der Waals surface area contributed by atoms with Crippen LogP contribution < -0.4 is 10.2 Å². The van der Waals surface area contributed by atoms with Crippen LogP contribution in [0.25, 0.3) is 0 Å². The van der Waals surface area contributed by atoms with E-state index in [1.54, 1.807) is 11.1 Å². The van der Waals surface area contributed by atoms with Gasteiger partial charge in [0, 0.05) is 19.3 Å². The standard InChI is InChI=1S/C21H24ClF3N6O2/c1-11-5-16(30-9-13-6-12(30)10-31(13)19(32)33-20(2,3)4)26-8-15(11)28-18-27-7-14(17(22)29-18)21(23,24)25/h5,7-8,12-13H,6,9-10H2,1-4H3,(H,27,28,29)/t12-,13-/m1/s1. The molecule has 0 unspecified atom stereocenters. The van der Waals surface area contributed by atoms with E-state index < -0.39 is 22.5 Å². The normalized spacial score (nSPS) is 20.4. The minimum Gasteiger partial charge on any atom is -0.444 e. The average Bonchev–Trinajstić information content (AvgIpc) is 3.28. The van der Waals surface area contributed by atoms with Crippen LogP contribution in [0.3, 0.4) is 0 Å². The van der Waals surface area contributed by atoms with Crippen molar-refractivity contribution in [3.05, 3.63) is 34.7 Å². The molecule has 1 N–H and O–H groups in total. The average molecular weight is 485 g/mol. The number of carbonyl (C=O) groups excluding carboxylic acids is 1. The summed E-state index contributed by atoms with van der Waals surface area (Å²) in [4.78, 5) is 28.3. The summed E-state index contributed by atoms with van der Waals surface area (Å²) in [6, 6.07) is 2.09. The van der Waals surface area contributed by atoms with Gasteiger partial charge in [-0.05, 0) is 45.7 Å². The van der Waals surface area contributed by atoms with Crippen molar-refractivity contribution >= 4 is 35.1 Å². The molecule has 0 saturated carbocycles. The van der Waals surface area contributed by atoms with Crippen LogP contribution in [-0.4, -0.2) is 56.7 Å². The van der Waals surface area contributed by atoms with Crippen molar-refractivity contribution in [2.24, 2.45) is 0 Å². The van der Waals surface area contributed by atoms with Crippen LogP contribution >= 0.6 is 11.6 Å². The Morgan fingerprint density at radius 2 is 1.91 bits per heavy atom. The van der Waals surface area contributed by atoms with E-state index in [2.05, 4.69) is 25.2 Å². The lowest BCUT2D eigenvalue weighted by Crippen LogP contribution is -2.50. The third kappa shape index (κ3) is 4.92. The minimum absolute atomic E-state index is 0.0566. The lowest BCUT2D eigenvalue weighted by atomic mass is 10.2. The first-order chi connectivity index (χ1) is 15.3. The van der Waals surface area contributed by atoms with Gasteiger partial charge in [0.25, 0.3) is 0 Å². The fraction of sp³-hybridized carbons (Fsp3) is 0.524. The summed E-state index contributed by atoms with van der Waals surface area (Å²) in [6.45, 7) is 8.60. The van der Waals surface area contributed by atoms with Gasteiger partial charge in [-0.3, -0.25) is 0 Å². The summed E-state index contributed by atoms with van der Waals surface area (Å²) >= 11 is 5.67. The zero-order valence-electron chi connectivity index (χ0n) is 18.6. The molecule has 4 rings (SSSR count). The molecule has 2 aliphatic rings. The van der Waals surface area contributed by atoms with Gasteiger partial charge in [-0.15, -0.1) is 0 Å². The molecular weight excluding hydrogens is 461 g/mol. The number of ether oxygens (including phenoxy) is 1. The van der Waals surface area contributed by atoms with Gasteiger partial charge in [0.15, 0.2) is 0 Å². The highest BCUT2D eigenvalue weighted by molar-refractivity contribution is 6.30. The fourth-order valence-electron chi connectivity index (χ4n) is 4.05. The molecule has 33 heavy (non-hydrogen) atoms. The van der Waals surface area contributed by atoms with Gasteiger partial charge in [0.1, 0.15) is 22.1 Å². The maximum absolute atomic E-state index is 12.8. The fourth-order valence-corrected chi connectivity index (χ4v) is 4.29. The molecule has 1 amide bonds. The van der Waals surface area contributed by atoms with E-state index in [-0.39, 0.29) is 24.1 Å². The Hall–Kier alpha value is -2.82. The Balaban J connectivity index is 1.43. The number of nitrogens with zero attached hydrogens (tertiary/aromatic N) is 5. The number of nitrogens with one attached hydrogen (secondary N) is 1. The highest BCUT2D eigenvalue weighted by Crippen LogP contribution is 2.36. The molecule has 8 nitrogen and oxygen atoms in total. The highest BCUT2D eigenvalue weighted by atomic mass is 35.5. The smallest absolute Gasteiger partial charge is 0.420 e. The maximum atomic E-state index is 12.8. The zero-order valence-corrected chi connectivity index (χ0v) is 19.3. The number of aromatic nitrogens is 3. The number of hydrogen-bond donors (Lipinski definition) is 1. The summed E-state index contributed by atoms with van der Waals surface area (Å²) in [5.41, 5.74) is -0.272. The Bertz CT molecular complexity index is 1070. The first-order valence-corrected chi connectivity index (χ1v) is 10.8. The molecule has 0 spiro atoms. The number of piperazine rings is 1. The first-order valence-electron chi connectivity index (χ1n) is 10.4. The Morgan fingerprint density at radius 1 is 1.18 bits per heavy atom. The van der Waals surface area contributed by atoms with Gasteiger partial charge in [-0.1, -0.05) is 11.6 Å². The van der Waals surface area contributed by atoms with Crippen molar-refractivity contribution in [1.82, 2.24) is 19.9 Å². The van der Waals surface area contributed by atoms with E-state index in [0.29, 0.717) is 25.0 Å². The van der Waals surface area contributed by atoms with E-state index in [1.165, 1.54) is 0 Å². The van der Waals surface area contributed by atoms with Crippen LogP contribution in [-0.2, 0) is 10.9 Å². The van der Waals surface area contributed by atoms with Gasteiger partial charge < -0.3 is 19.9 Å². The maximum Gasteiger partial charge on any atom is 0.420 e. The topological polar surface area (TPSA) is 83.5 Å². The van der Waals surface area contributed by atoms with Crippen molar-refractivity contribution in [2.45, 2.75) is 58.0 Å². The van der Waals surface area contributed by atoms with Crippen LogP contribution in [0.1, 0.15) is 38.3 Å². The van der Waals surface area contributed by atoms with Crippen LogP contribution in [0.4, 0.5) is 35.4 Å². The van der Waals surface area contributed by atoms with Crippen molar-refractivity contribution in [2.75, 3.05) is 23.3 Å². The number of alkyl halides is 3. The molecule has 2 bridgehead atoms. The summed E-state index contributed by atoms with van der Waals surface area (Å²) in [7, 11) is 0. The second kappa shape index (κ2) is 8.19. The second-order valence-corrected chi connectivity index (χ2v) is 9.56. The third-order valence-corrected chi connectivity index (χ3v) is 5.84. The summed E-state index contributed by atoms with van der Waals surface area (Å²) in [5, 5.41) is 2.19. The monoisotopic (exact) mass is 484 g/mol. The number of aryl methyl sites for hydroxylation is 1. The van der Waals surface area contributed by atoms with Crippen LogP contribution in [0.2, 0.25) is 5.15 Å². The molecule has 0 radical (unpaired) electrons. The molecule has 0 aromatic carbocycles. The molecule has 2 atom stereocenters. The predicted octanol–water partition coefficient (Wildman–Crippen LogP) is 4.79. The van der Waals surface area contributed by atoms with Gasteiger partial charge in [0.2, 0.25) is 5.95 Å². The Kier molecular flexibility index (Phi) is 5.80. The molecule has 2 saturated heterocycles. The Morgan fingerprint density at radius 3 is 2.45 bits per heavy atom. The molecule has 12 heteroatoms. The summed E-state index contributed by atoms with van der Waals surface area (Å²) < 4.78 is 44.0. The van der Waals surface area contributed by atoms with Crippen molar-refractivity contribution < 1.29 is 22.7 Å². The number of fused-ring (bicyclic) bond motifs is 2. The number of rotatable bonds is 3. The van der Waals surface area contributed by atoms with Crippen LogP contribution in [0.5, 0.6) is 0 Å². The minimum atomic E-state index is -4.62. The van der Waals surface area contributed by atoms with Gasteiger partial charge in [-0.2, -0.15) is 13.2 Å². The highest BCUT2D eigenvalue weighted by Gasteiger charge is 2.47. The number of amides is 1. The number of pyridine rings is 1. The largest absolute Gasteiger partial charge is 0.444 e. The zero-order chi connectivity index (χ0) is 24.1. The van der Waals surface area contributed by atoms with Gasteiger partial charge in [0.05, 0.1) is 24.0 Å². The summed E-state index contributed by atoms with van der Waals surface area (Å²) in [6.07, 6.45) is -1.85. The lowest BCUT2D eigenvalue weighted by molar-refractivity contribution is -0.137. The molecule has 178 valence electrons. The Labute approximate surface area is 194 Å². The van der Waals surface area contributed by atoms with Gasteiger partial charge >= 0.3 is 12.3 Å². The molecule has 2 aromatic heterocycles. The van der Waals surface area contributed by atoms with E-state index >= 15 is 0 Å². The molecule has 2 aliphatic heterocycles. The number of hydrogen-bond acceptors (Lipinski definition) is 7. The summed E-state index contributed by atoms with van der Waals surface area (Å²) in [5.74, 6) is 0.708. The van der Waals surface area contributed by atoms with E-state index in [9.17, 15) is 18.0 Å². The number of likely N-dealkylation sites (tertiary alicyclic amines) is 1. The first kappa shape index (κ1) is 23.3. The third-order valence-electron chi connectivity index (χ3n) is 5.55. The van der Waals surface area contributed by atoms with Crippen molar-refractivity contribution in [1.29, 1.82) is 0 Å². The second-order valence-electron chi connectivity index (χ2n) is 9.21. The number of halogens is 4. The molecule has 0 aliphatic carbocycles. The SMILES string of the molecule is Cc1cc(N2C[C@H]3C[C@@H]2CN3C(=O)OC(C)(C)C)ncc1Nc1ncc(C(F)(F)F)c(Cl)n1. The van der Waals surface area contributed by atoms with E-state index in [1.807, 2.05) is 33.8 Å². The molecule has 2 aromatic rings. The number of anilines is 3. The number of carbonyl (C=O) groups is 1. The molecule has 2 fully saturated rings. The van der Waals surface area contributed by atoms with Crippen LogP contribution in [0, 0.1) is 6.92 Å². The quantitative estimate of drug-likeness (QED) is 0.627.